The molecule has 18 heavy (non-hydrogen) atoms. The number of carbonyl (C=O) groups excluding carboxylic acids is 2. The molecule has 3 N–H and O–H groups in total. The van der Waals surface area contributed by atoms with Gasteiger partial charge in [-0.3, -0.25) is 9.59 Å². The molecule has 0 aromatic rings. The summed E-state index contributed by atoms with van der Waals surface area (Å²) in [5.74, 6) is -0.653. The fraction of sp³-hybridized carbons (Fsp3) is 0.833. The lowest BCUT2D eigenvalue weighted by atomic mass is 9.98. The maximum atomic E-state index is 11.5. The minimum atomic E-state index is -0.580. The molecule has 0 spiro atoms. The van der Waals surface area contributed by atoms with Gasteiger partial charge in [0.1, 0.15) is 0 Å². The van der Waals surface area contributed by atoms with Crippen LogP contribution in [0.3, 0.4) is 0 Å². The van der Waals surface area contributed by atoms with E-state index in [9.17, 15) is 9.59 Å². The predicted octanol–water partition coefficient (Wildman–Crippen LogP) is -0.745. The smallest absolute Gasteiger partial charge is 0.309 e. The minimum absolute atomic E-state index is 0.368. The molecule has 0 radical (unpaired) electrons. The standard InChI is InChI=1S/C12H23N3O3/c1-2-18-8-7-14-11(16)12(17)15-9-10-3-5-13-6-4-10/h10,13H,2-9H2,1H3,(H,14,16)(H,15,17). The Morgan fingerprint density at radius 2 is 1.89 bits per heavy atom. The Balaban J connectivity index is 2.09. The lowest BCUT2D eigenvalue weighted by Gasteiger charge is -2.22. The number of piperidine rings is 1. The number of nitrogens with one attached hydrogen (secondary N) is 3. The summed E-state index contributed by atoms with van der Waals surface area (Å²) in [5.41, 5.74) is 0. The van der Waals surface area contributed by atoms with Gasteiger partial charge in [0, 0.05) is 19.7 Å². The molecule has 1 fully saturated rings. The van der Waals surface area contributed by atoms with Crippen molar-refractivity contribution in [2.75, 3.05) is 39.4 Å². The highest BCUT2D eigenvalue weighted by Gasteiger charge is 2.17. The van der Waals surface area contributed by atoms with E-state index in [1.807, 2.05) is 6.92 Å². The van der Waals surface area contributed by atoms with E-state index in [4.69, 9.17) is 4.74 Å². The molecule has 1 saturated heterocycles. The molecule has 0 bridgehead atoms. The van der Waals surface area contributed by atoms with Crippen molar-refractivity contribution in [3.63, 3.8) is 0 Å². The van der Waals surface area contributed by atoms with Crippen LogP contribution in [0.5, 0.6) is 0 Å². The molecule has 1 rings (SSSR count). The van der Waals surface area contributed by atoms with Crippen LogP contribution in [0.4, 0.5) is 0 Å². The van der Waals surface area contributed by atoms with E-state index in [0.29, 0.717) is 32.2 Å². The number of ether oxygens (including phenoxy) is 1. The monoisotopic (exact) mass is 257 g/mol. The molecule has 1 aliphatic heterocycles. The summed E-state index contributed by atoms with van der Waals surface area (Å²) in [6, 6.07) is 0. The van der Waals surface area contributed by atoms with E-state index >= 15 is 0 Å². The fourth-order valence-corrected chi connectivity index (χ4v) is 1.86. The highest BCUT2D eigenvalue weighted by molar-refractivity contribution is 6.35. The summed E-state index contributed by atoms with van der Waals surface area (Å²) in [6.07, 6.45) is 2.10. The Morgan fingerprint density at radius 3 is 2.56 bits per heavy atom. The summed E-state index contributed by atoms with van der Waals surface area (Å²) in [7, 11) is 0. The van der Waals surface area contributed by atoms with Gasteiger partial charge in [-0.1, -0.05) is 0 Å². The lowest BCUT2D eigenvalue weighted by molar-refractivity contribution is -0.139. The van der Waals surface area contributed by atoms with Gasteiger partial charge < -0.3 is 20.7 Å². The zero-order chi connectivity index (χ0) is 13.2. The van der Waals surface area contributed by atoms with Crippen LogP contribution in [0.25, 0.3) is 0 Å². The number of amides is 2. The molecule has 2 amide bonds. The molecule has 6 nitrogen and oxygen atoms in total. The first kappa shape index (κ1) is 14.9. The van der Waals surface area contributed by atoms with Crippen LogP contribution in [0.15, 0.2) is 0 Å². The van der Waals surface area contributed by atoms with Gasteiger partial charge in [0.2, 0.25) is 0 Å². The Bertz CT molecular complexity index is 265. The van der Waals surface area contributed by atoms with Gasteiger partial charge in [-0.2, -0.15) is 0 Å². The Morgan fingerprint density at radius 1 is 1.22 bits per heavy atom. The number of hydrogen-bond acceptors (Lipinski definition) is 4. The fourth-order valence-electron chi connectivity index (χ4n) is 1.86. The molecular weight excluding hydrogens is 234 g/mol. The summed E-state index contributed by atoms with van der Waals surface area (Å²) in [6.45, 7) is 5.85. The largest absolute Gasteiger partial charge is 0.380 e. The van der Waals surface area contributed by atoms with Crippen molar-refractivity contribution in [2.24, 2.45) is 5.92 Å². The maximum absolute atomic E-state index is 11.5. The van der Waals surface area contributed by atoms with Crippen LogP contribution < -0.4 is 16.0 Å². The molecule has 1 aliphatic rings. The van der Waals surface area contributed by atoms with Gasteiger partial charge in [0.05, 0.1) is 6.61 Å². The van der Waals surface area contributed by atoms with Gasteiger partial charge in [0.15, 0.2) is 0 Å². The third kappa shape index (κ3) is 5.97. The predicted molar refractivity (Wildman–Crippen MR) is 68.1 cm³/mol. The van der Waals surface area contributed by atoms with Gasteiger partial charge in [-0.15, -0.1) is 0 Å². The van der Waals surface area contributed by atoms with E-state index in [-0.39, 0.29) is 0 Å². The summed E-state index contributed by atoms with van der Waals surface area (Å²) in [5, 5.41) is 8.45. The third-order valence-corrected chi connectivity index (χ3v) is 2.95. The van der Waals surface area contributed by atoms with Crippen molar-refractivity contribution in [3.8, 4) is 0 Å². The Labute approximate surface area is 108 Å². The summed E-state index contributed by atoms with van der Waals surface area (Å²) >= 11 is 0. The second kappa shape index (κ2) is 8.88. The van der Waals surface area contributed by atoms with Gasteiger partial charge >= 0.3 is 11.8 Å². The molecule has 0 aromatic carbocycles. The number of rotatable bonds is 6. The van der Waals surface area contributed by atoms with Crippen LogP contribution >= 0.6 is 0 Å². The van der Waals surface area contributed by atoms with Gasteiger partial charge in [0.25, 0.3) is 0 Å². The van der Waals surface area contributed by atoms with Crippen LogP contribution in [-0.2, 0) is 14.3 Å². The van der Waals surface area contributed by atoms with E-state index in [2.05, 4.69) is 16.0 Å². The highest BCUT2D eigenvalue weighted by Crippen LogP contribution is 2.09. The molecule has 6 heteroatoms. The van der Waals surface area contributed by atoms with Crippen molar-refractivity contribution >= 4 is 11.8 Å². The molecular formula is C12H23N3O3. The zero-order valence-corrected chi connectivity index (χ0v) is 11.0. The maximum Gasteiger partial charge on any atom is 0.309 e. The van der Waals surface area contributed by atoms with Crippen LogP contribution in [0.2, 0.25) is 0 Å². The Kier molecular flexibility index (Phi) is 7.36. The molecule has 0 aliphatic carbocycles. The normalized spacial score (nSPS) is 16.3. The topological polar surface area (TPSA) is 79.5 Å². The molecule has 0 unspecified atom stereocenters. The summed E-state index contributed by atoms with van der Waals surface area (Å²) in [4.78, 5) is 22.9. The van der Waals surface area contributed by atoms with Gasteiger partial charge in [-0.05, 0) is 38.8 Å². The third-order valence-electron chi connectivity index (χ3n) is 2.95. The quantitative estimate of drug-likeness (QED) is 0.432. The molecule has 0 atom stereocenters. The second-order valence-corrected chi connectivity index (χ2v) is 4.36. The first-order chi connectivity index (χ1) is 8.74. The van der Waals surface area contributed by atoms with Crippen molar-refractivity contribution in [1.82, 2.24) is 16.0 Å². The van der Waals surface area contributed by atoms with E-state index < -0.39 is 11.8 Å². The number of hydrogen-bond donors (Lipinski definition) is 3. The van der Waals surface area contributed by atoms with Gasteiger partial charge in [-0.25, -0.2) is 0 Å². The first-order valence-corrected chi connectivity index (χ1v) is 6.58. The van der Waals surface area contributed by atoms with Crippen molar-refractivity contribution in [2.45, 2.75) is 19.8 Å². The minimum Gasteiger partial charge on any atom is -0.380 e. The first-order valence-electron chi connectivity index (χ1n) is 6.58. The van der Waals surface area contributed by atoms with E-state index in [1.165, 1.54) is 0 Å². The molecule has 0 saturated carbocycles. The SMILES string of the molecule is CCOCCNC(=O)C(=O)NCC1CCNCC1. The zero-order valence-electron chi connectivity index (χ0n) is 11.0. The van der Waals surface area contributed by atoms with Crippen LogP contribution in [-0.4, -0.2) is 51.2 Å². The average Bonchev–Trinajstić information content (AvgIpc) is 2.42. The lowest BCUT2D eigenvalue weighted by Crippen LogP contribution is -2.44. The van der Waals surface area contributed by atoms with E-state index in [0.717, 1.165) is 25.9 Å². The average molecular weight is 257 g/mol. The molecule has 0 aromatic heterocycles. The summed E-state index contributed by atoms with van der Waals surface area (Å²) < 4.78 is 5.07. The van der Waals surface area contributed by atoms with Crippen molar-refractivity contribution in [3.05, 3.63) is 0 Å². The second-order valence-electron chi connectivity index (χ2n) is 4.36. The van der Waals surface area contributed by atoms with Crippen LogP contribution in [0.1, 0.15) is 19.8 Å². The van der Waals surface area contributed by atoms with E-state index in [1.54, 1.807) is 0 Å². The Hall–Kier alpha value is -1.14. The number of carbonyl (C=O) groups is 2. The van der Waals surface area contributed by atoms with Crippen molar-refractivity contribution < 1.29 is 14.3 Å². The van der Waals surface area contributed by atoms with Crippen molar-refractivity contribution in [1.29, 1.82) is 0 Å². The highest BCUT2D eigenvalue weighted by atomic mass is 16.5. The van der Waals surface area contributed by atoms with Crippen LogP contribution in [0, 0.1) is 5.92 Å². The molecule has 104 valence electrons. The molecule has 1 heterocycles.